The summed E-state index contributed by atoms with van der Waals surface area (Å²) in [5.41, 5.74) is 8.46. The monoisotopic (exact) mass is 455 g/mol. The van der Waals surface area contributed by atoms with Crippen LogP contribution in [-0.2, 0) is 6.42 Å². The first-order valence-corrected chi connectivity index (χ1v) is 12.6. The van der Waals surface area contributed by atoms with Gasteiger partial charge in [-0.05, 0) is 73.3 Å². The Balaban J connectivity index is 1.52. The predicted octanol–water partition coefficient (Wildman–Crippen LogP) is 8.05. The van der Waals surface area contributed by atoms with Crippen molar-refractivity contribution in [3.05, 3.63) is 108 Å². The van der Waals surface area contributed by atoms with E-state index < -0.39 is 0 Å². The Hall–Kier alpha value is -3.85. The van der Waals surface area contributed by atoms with Crippen molar-refractivity contribution in [3.8, 4) is 34.2 Å². The van der Waals surface area contributed by atoms with E-state index in [1.54, 1.807) is 0 Å². The molecule has 0 saturated carbocycles. The SMILES string of the molecule is CC1=CCCc2cccc(-c3nc(-c4ccccc4)nc(-c4cccc(C5CC=CCC5)c4)n3)c21. The van der Waals surface area contributed by atoms with E-state index in [9.17, 15) is 0 Å². The average Bonchev–Trinajstić information content (AvgIpc) is 2.94. The second-order valence-electron chi connectivity index (χ2n) is 9.54. The number of fused-ring (bicyclic) bond motifs is 1. The number of benzene rings is 3. The molecule has 35 heavy (non-hydrogen) atoms. The third-order valence-electron chi connectivity index (χ3n) is 7.20. The van der Waals surface area contributed by atoms with E-state index in [0.717, 1.165) is 54.0 Å². The summed E-state index contributed by atoms with van der Waals surface area (Å²) in [4.78, 5) is 15.0. The first kappa shape index (κ1) is 21.7. The Morgan fingerprint density at radius 1 is 0.714 bits per heavy atom. The van der Waals surface area contributed by atoms with Gasteiger partial charge < -0.3 is 0 Å². The summed E-state index contributed by atoms with van der Waals surface area (Å²) in [6, 6.07) is 25.6. The molecule has 1 unspecified atom stereocenters. The molecule has 1 heterocycles. The number of aromatic nitrogens is 3. The van der Waals surface area contributed by atoms with E-state index in [1.165, 1.54) is 28.7 Å². The van der Waals surface area contributed by atoms with Crippen LogP contribution in [0.1, 0.15) is 55.2 Å². The van der Waals surface area contributed by atoms with Crippen molar-refractivity contribution in [1.82, 2.24) is 15.0 Å². The maximum Gasteiger partial charge on any atom is 0.164 e. The minimum atomic E-state index is 0.559. The molecule has 3 nitrogen and oxygen atoms in total. The lowest BCUT2D eigenvalue weighted by molar-refractivity contribution is 0.617. The largest absolute Gasteiger partial charge is 0.208 e. The molecule has 0 saturated heterocycles. The molecule has 1 atom stereocenters. The first-order chi connectivity index (χ1) is 17.3. The Labute approximate surface area is 207 Å². The highest BCUT2D eigenvalue weighted by molar-refractivity contribution is 5.82. The molecule has 0 aliphatic heterocycles. The molecule has 4 aromatic rings. The third kappa shape index (κ3) is 4.35. The molecule has 3 aromatic carbocycles. The van der Waals surface area contributed by atoms with E-state index in [-0.39, 0.29) is 0 Å². The van der Waals surface area contributed by atoms with E-state index in [0.29, 0.717) is 11.7 Å². The molecule has 172 valence electrons. The van der Waals surface area contributed by atoms with Gasteiger partial charge >= 0.3 is 0 Å². The minimum Gasteiger partial charge on any atom is -0.208 e. The summed E-state index contributed by atoms with van der Waals surface area (Å²) >= 11 is 0. The van der Waals surface area contributed by atoms with Crippen molar-refractivity contribution >= 4 is 5.57 Å². The second kappa shape index (κ2) is 9.42. The van der Waals surface area contributed by atoms with Gasteiger partial charge in [-0.2, -0.15) is 0 Å². The van der Waals surface area contributed by atoms with Crippen molar-refractivity contribution in [1.29, 1.82) is 0 Å². The number of nitrogens with zero attached hydrogens (tertiary/aromatic N) is 3. The fourth-order valence-corrected chi connectivity index (χ4v) is 5.38. The highest BCUT2D eigenvalue weighted by atomic mass is 15.0. The quantitative estimate of drug-likeness (QED) is 0.292. The summed E-state index contributed by atoms with van der Waals surface area (Å²) in [5, 5.41) is 0. The van der Waals surface area contributed by atoms with Crippen LogP contribution in [0.15, 0.2) is 91.0 Å². The van der Waals surface area contributed by atoms with Gasteiger partial charge in [0.05, 0.1) is 0 Å². The zero-order chi connectivity index (χ0) is 23.6. The summed E-state index contributed by atoms with van der Waals surface area (Å²) < 4.78 is 0. The van der Waals surface area contributed by atoms with Crippen molar-refractivity contribution in [2.75, 3.05) is 0 Å². The van der Waals surface area contributed by atoms with Crippen LogP contribution < -0.4 is 0 Å². The van der Waals surface area contributed by atoms with E-state index in [4.69, 9.17) is 15.0 Å². The lowest BCUT2D eigenvalue weighted by atomic mass is 9.87. The summed E-state index contributed by atoms with van der Waals surface area (Å²) in [5.74, 6) is 2.75. The van der Waals surface area contributed by atoms with Gasteiger partial charge in [-0.1, -0.05) is 85.0 Å². The zero-order valence-corrected chi connectivity index (χ0v) is 20.1. The molecule has 3 heteroatoms. The number of allylic oxidation sites excluding steroid dienone is 4. The summed E-state index contributed by atoms with van der Waals surface area (Å²) in [6.07, 6.45) is 12.5. The van der Waals surface area contributed by atoms with Crippen molar-refractivity contribution in [2.24, 2.45) is 0 Å². The van der Waals surface area contributed by atoms with Crippen LogP contribution in [0.5, 0.6) is 0 Å². The number of hydrogen-bond donors (Lipinski definition) is 0. The van der Waals surface area contributed by atoms with Gasteiger partial charge in [0, 0.05) is 16.7 Å². The Bertz CT molecular complexity index is 1430. The van der Waals surface area contributed by atoms with Crippen LogP contribution in [0.2, 0.25) is 0 Å². The molecule has 0 spiro atoms. The van der Waals surface area contributed by atoms with E-state index in [1.807, 2.05) is 18.2 Å². The van der Waals surface area contributed by atoms with E-state index in [2.05, 4.69) is 79.7 Å². The van der Waals surface area contributed by atoms with Crippen LogP contribution in [0, 0.1) is 0 Å². The van der Waals surface area contributed by atoms with Crippen molar-refractivity contribution in [3.63, 3.8) is 0 Å². The molecule has 0 amide bonds. The van der Waals surface area contributed by atoms with Crippen molar-refractivity contribution in [2.45, 2.75) is 44.9 Å². The Kier molecular flexibility index (Phi) is 5.83. The van der Waals surface area contributed by atoms with Gasteiger partial charge in [0.2, 0.25) is 0 Å². The van der Waals surface area contributed by atoms with Crippen molar-refractivity contribution < 1.29 is 0 Å². The maximum absolute atomic E-state index is 5.06. The molecule has 0 fully saturated rings. The molecular formula is C32H29N3. The fourth-order valence-electron chi connectivity index (χ4n) is 5.38. The normalized spacial score (nSPS) is 17.1. The highest BCUT2D eigenvalue weighted by Gasteiger charge is 2.20. The topological polar surface area (TPSA) is 38.7 Å². The third-order valence-corrected chi connectivity index (χ3v) is 7.20. The molecule has 6 rings (SSSR count). The highest BCUT2D eigenvalue weighted by Crippen LogP contribution is 2.36. The Morgan fingerprint density at radius 3 is 2.31 bits per heavy atom. The zero-order valence-electron chi connectivity index (χ0n) is 20.1. The lowest BCUT2D eigenvalue weighted by Gasteiger charge is -2.20. The van der Waals surface area contributed by atoms with Crippen LogP contribution in [0.3, 0.4) is 0 Å². The molecule has 0 N–H and O–H groups in total. The lowest BCUT2D eigenvalue weighted by Crippen LogP contribution is -2.05. The van der Waals surface area contributed by atoms with Gasteiger partial charge in [-0.15, -0.1) is 0 Å². The molecule has 0 bridgehead atoms. The van der Waals surface area contributed by atoms with Crippen LogP contribution in [-0.4, -0.2) is 15.0 Å². The fraction of sp³-hybridized carbons (Fsp3) is 0.219. The van der Waals surface area contributed by atoms with Gasteiger partial charge in [0.1, 0.15) is 0 Å². The van der Waals surface area contributed by atoms with Crippen LogP contribution in [0.4, 0.5) is 0 Å². The summed E-state index contributed by atoms with van der Waals surface area (Å²) in [7, 11) is 0. The Morgan fingerprint density at radius 2 is 1.49 bits per heavy atom. The smallest absolute Gasteiger partial charge is 0.164 e. The van der Waals surface area contributed by atoms with E-state index >= 15 is 0 Å². The molecule has 1 aromatic heterocycles. The molecule has 0 radical (unpaired) electrons. The van der Waals surface area contributed by atoms with Gasteiger partial charge in [0.15, 0.2) is 17.5 Å². The molecule has 2 aliphatic carbocycles. The summed E-state index contributed by atoms with van der Waals surface area (Å²) in [6.45, 7) is 2.20. The van der Waals surface area contributed by atoms with Gasteiger partial charge in [-0.25, -0.2) is 15.0 Å². The standard InChI is InChI=1S/C32H29N3/c1-22-11-8-16-24-17-10-20-28(29(22)24)32-34-30(25-14-6-3-7-15-25)33-31(35-32)27-19-9-18-26(21-27)23-12-4-2-5-13-23/h2-4,6-7,9-11,14-15,17-21,23H,5,8,12-13,16H2,1H3. The first-order valence-electron chi connectivity index (χ1n) is 12.6. The average molecular weight is 456 g/mol. The maximum atomic E-state index is 5.06. The second-order valence-corrected chi connectivity index (χ2v) is 9.54. The molecular weight excluding hydrogens is 426 g/mol. The number of aryl methyl sites for hydroxylation is 1. The van der Waals surface area contributed by atoms with Gasteiger partial charge in [0.25, 0.3) is 0 Å². The number of rotatable bonds is 4. The minimum absolute atomic E-state index is 0.559. The molecule has 2 aliphatic rings. The van der Waals surface area contributed by atoms with Crippen LogP contribution in [0.25, 0.3) is 39.7 Å². The van der Waals surface area contributed by atoms with Gasteiger partial charge in [-0.3, -0.25) is 0 Å². The number of hydrogen-bond acceptors (Lipinski definition) is 3. The predicted molar refractivity (Wildman–Crippen MR) is 144 cm³/mol. The van der Waals surface area contributed by atoms with Crippen LogP contribution >= 0.6 is 0 Å².